The van der Waals surface area contributed by atoms with E-state index in [2.05, 4.69) is 17.1 Å². The Morgan fingerprint density at radius 1 is 1.13 bits per heavy atom. The highest BCUT2D eigenvalue weighted by atomic mass is 32.2. The Bertz CT molecular complexity index is 1280. The van der Waals surface area contributed by atoms with Crippen molar-refractivity contribution in [3.8, 4) is 22.6 Å². The molecule has 0 saturated carbocycles. The summed E-state index contributed by atoms with van der Waals surface area (Å²) in [6, 6.07) is 11.6. The third-order valence-electron chi connectivity index (χ3n) is 8.05. The number of fused-ring (bicyclic) bond motifs is 2. The van der Waals surface area contributed by atoms with E-state index in [1.54, 1.807) is 19.2 Å². The van der Waals surface area contributed by atoms with Gasteiger partial charge in [-0.15, -0.1) is 0 Å². The third kappa shape index (κ3) is 5.27. The van der Waals surface area contributed by atoms with E-state index in [0.29, 0.717) is 12.2 Å². The van der Waals surface area contributed by atoms with Crippen LogP contribution in [0.1, 0.15) is 39.0 Å². The lowest BCUT2D eigenvalue weighted by molar-refractivity contribution is -0.127. The molecule has 2 saturated heterocycles. The van der Waals surface area contributed by atoms with Crippen LogP contribution in [0.25, 0.3) is 11.1 Å². The van der Waals surface area contributed by atoms with E-state index in [-0.39, 0.29) is 36.1 Å². The van der Waals surface area contributed by atoms with Crippen LogP contribution in [-0.4, -0.2) is 86.2 Å². The molecule has 1 spiro atoms. The number of likely N-dealkylation sites (tertiary alicyclic amines) is 1. The predicted octanol–water partition coefficient (Wildman–Crippen LogP) is 2.63. The number of nitrogens with zero attached hydrogens (tertiary/aromatic N) is 2. The van der Waals surface area contributed by atoms with Gasteiger partial charge in [-0.05, 0) is 61.2 Å². The summed E-state index contributed by atoms with van der Waals surface area (Å²) in [4.78, 5) is 16.0. The van der Waals surface area contributed by atoms with Crippen molar-refractivity contribution in [2.75, 3.05) is 39.9 Å². The van der Waals surface area contributed by atoms with Gasteiger partial charge in [-0.25, -0.2) is 8.42 Å². The maximum Gasteiger partial charge on any atom is 0.247 e. The maximum absolute atomic E-state index is 13.9. The molecule has 5 rings (SSSR count). The molecule has 1 amide bonds. The van der Waals surface area contributed by atoms with Crippen molar-refractivity contribution in [3.05, 3.63) is 42.5 Å². The highest BCUT2D eigenvalue weighted by Gasteiger charge is 2.47. The van der Waals surface area contributed by atoms with Gasteiger partial charge in [0.05, 0.1) is 19.8 Å². The molecule has 2 aromatic carbocycles. The Labute approximate surface area is 224 Å². The number of hydrogen-bond acceptors (Lipinski definition) is 7. The van der Waals surface area contributed by atoms with Crippen LogP contribution in [0.5, 0.6) is 11.5 Å². The molecule has 3 aliphatic rings. The van der Waals surface area contributed by atoms with Crippen molar-refractivity contribution >= 4 is 15.9 Å². The van der Waals surface area contributed by atoms with Crippen LogP contribution in [0.3, 0.4) is 0 Å². The average molecular weight is 544 g/mol. The monoisotopic (exact) mass is 543 g/mol. The Morgan fingerprint density at radius 2 is 1.89 bits per heavy atom. The van der Waals surface area contributed by atoms with Gasteiger partial charge in [0.15, 0.2) is 0 Å². The van der Waals surface area contributed by atoms with Gasteiger partial charge in [-0.2, -0.15) is 4.31 Å². The SMILES string of the molecule is CCCN1CCC2(CCOc3cc(-c4cccc(OC)c4)ccc3S(=O)(=O)N3C[C@H](O)C[C@H]3C(=O)N2)CC1. The molecule has 2 fully saturated rings. The maximum atomic E-state index is 13.9. The minimum atomic E-state index is -4.12. The van der Waals surface area contributed by atoms with Crippen molar-refractivity contribution in [3.63, 3.8) is 0 Å². The molecule has 2 aromatic rings. The molecule has 10 heteroatoms. The highest BCUT2D eigenvalue weighted by molar-refractivity contribution is 7.89. The first-order chi connectivity index (χ1) is 18.2. The second-order valence-electron chi connectivity index (χ2n) is 10.6. The summed E-state index contributed by atoms with van der Waals surface area (Å²) >= 11 is 0. The Morgan fingerprint density at radius 3 is 2.63 bits per heavy atom. The molecular weight excluding hydrogens is 506 g/mol. The first-order valence-electron chi connectivity index (χ1n) is 13.4. The number of carbonyl (C=O) groups excluding carboxylic acids is 1. The van der Waals surface area contributed by atoms with Gasteiger partial charge in [0, 0.05) is 38.0 Å². The average Bonchev–Trinajstić information content (AvgIpc) is 3.32. The zero-order valence-electron chi connectivity index (χ0n) is 22.1. The van der Waals surface area contributed by atoms with Crippen molar-refractivity contribution in [2.24, 2.45) is 0 Å². The summed E-state index contributed by atoms with van der Waals surface area (Å²) in [6.07, 6.45) is 2.33. The van der Waals surface area contributed by atoms with Crippen LogP contribution in [0.2, 0.25) is 0 Å². The second kappa shape index (κ2) is 10.8. The van der Waals surface area contributed by atoms with Crippen molar-refractivity contribution in [2.45, 2.75) is 61.6 Å². The van der Waals surface area contributed by atoms with E-state index in [0.717, 1.165) is 54.3 Å². The lowest BCUT2D eigenvalue weighted by Gasteiger charge is -2.43. The molecule has 0 bridgehead atoms. The summed E-state index contributed by atoms with van der Waals surface area (Å²) in [5, 5.41) is 13.7. The summed E-state index contributed by atoms with van der Waals surface area (Å²) in [7, 11) is -2.52. The summed E-state index contributed by atoms with van der Waals surface area (Å²) < 4.78 is 40.5. The number of nitrogens with one attached hydrogen (secondary N) is 1. The topological polar surface area (TPSA) is 108 Å². The van der Waals surface area contributed by atoms with E-state index in [1.807, 2.05) is 24.3 Å². The number of piperidine rings is 1. The van der Waals surface area contributed by atoms with E-state index >= 15 is 0 Å². The van der Waals surface area contributed by atoms with Gasteiger partial charge in [0.2, 0.25) is 15.9 Å². The van der Waals surface area contributed by atoms with Gasteiger partial charge in [-0.3, -0.25) is 4.79 Å². The van der Waals surface area contributed by atoms with Gasteiger partial charge >= 0.3 is 0 Å². The number of sulfonamides is 1. The Hall–Kier alpha value is -2.66. The predicted molar refractivity (Wildman–Crippen MR) is 144 cm³/mol. The van der Waals surface area contributed by atoms with Crippen LogP contribution in [0, 0.1) is 0 Å². The molecule has 0 aromatic heterocycles. The number of rotatable bonds is 4. The summed E-state index contributed by atoms with van der Waals surface area (Å²) in [6.45, 7) is 5.03. The van der Waals surface area contributed by atoms with Crippen LogP contribution >= 0.6 is 0 Å². The molecule has 0 aliphatic carbocycles. The number of carbonyl (C=O) groups is 1. The summed E-state index contributed by atoms with van der Waals surface area (Å²) in [5.74, 6) is 0.603. The van der Waals surface area contributed by atoms with Crippen LogP contribution in [0.4, 0.5) is 0 Å². The fourth-order valence-corrected chi connectivity index (χ4v) is 7.64. The number of benzene rings is 2. The Kier molecular flexibility index (Phi) is 7.68. The number of ether oxygens (including phenoxy) is 2. The van der Waals surface area contributed by atoms with Gasteiger partial charge < -0.3 is 24.8 Å². The fraction of sp³-hybridized carbons (Fsp3) is 0.536. The normalized spacial score (nSPS) is 25.5. The smallest absolute Gasteiger partial charge is 0.247 e. The molecule has 3 aliphatic heterocycles. The van der Waals surface area contributed by atoms with Crippen LogP contribution in [0.15, 0.2) is 47.4 Å². The molecule has 38 heavy (non-hydrogen) atoms. The van der Waals surface area contributed by atoms with E-state index in [9.17, 15) is 18.3 Å². The molecule has 0 unspecified atom stereocenters. The van der Waals surface area contributed by atoms with Gasteiger partial charge in [0.1, 0.15) is 22.4 Å². The van der Waals surface area contributed by atoms with Crippen molar-refractivity contribution < 1.29 is 27.8 Å². The minimum Gasteiger partial charge on any atom is -0.497 e. The highest BCUT2D eigenvalue weighted by Crippen LogP contribution is 2.37. The van der Waals surface area contributed by atoms with Crippen molar-refractivity contribution in [1.82, 2.24) is 14.5 Å². The number of methoxy groups -OCH3 is 1. The molecular formula is C28H37N3O6S. The van der Waals surface area contributed by atoms with Crippen LogP contribution in [-0.2, 0) is 14.8 Å². The Balaban J connectivity index is 1.53. The lowest BCUT2D eigenvalue weighted by atomic mass is 9.84. The second-order valence-corrected chi connectivity index (χ2v) is 12.4. The zero-order valence-corrected chi connectivity index (χ0v) is 22.9. The number of hydrogen-bond donors (Lipinski definition) is 2. The van der Waals surface area contributed by atoms with Crippen LogP contribution < -0.4 is 14.8 Å². The standard InChI is InChI=1S/C28H37N3O6S/c1-3-12-30-13-9-28(10-14-30)11-15-37-25-17-21(20-5-4-6-23(16-20)36-2)7-8-26(25)38(34,35)31-19-22(32)18-24(31)27(33)29-28/h4-8,16-17,22,24,32H,3,9-15,18-19H2,1-2H3,(H,29,33)/t22-,24+/m1/s1. The molecule has 2 atom stereocenters. The molecule has 0 radical (unpaired) electrons. The number of aliphatic hydroxyl groups excluding tert-OH is 1. The zero-order chi connectivity index (χ0) is 26.9. The van der Waals surface area contributed by atoms with E-state index in [1.165, 1.54) is 6.07 Å². The number of amides is 1. The van der Waals surface area contributed by atoms with Gasteiger partial charge in [0.25, 0.3) is 0 Å². The first kappa shape index (κ1) is 26.9. The number of aliphatic hydroxyl groups is 1. The molecule has 2 N–H and O–H groups in total. The summed E-state index contributed by atoms with van der Waals surface area (Å²) in [5.41, 5.74) is 1.18. The van der Waals surface area contributed by atoms with E-state index in [4.69, 9.17) is 9.47 Å². The molecule has 3 heterocycles. The largest absolute Gasteiger partial charge is 0.497 e. The van der Waals surface area contributed by atoms with Gasteiger partial charge in [-0.1, -0.05) is 25.1 Å². The van der Waals surface area contributed by atoms with E-state index < -0.39 is 27.7 Å². The fourth-order valence-electron chi connectivity index (χ4n) is 5.89. The quantitative estimate of drug-likeness (QED) is 0.610. The minimum absolute atomic E-state index is 0.00441. The van der Waals surface area contributed by atoms with Crippen molar-refractivity contribution in [1.29, 1.82) is 0 Å². The molecule has 206 valence electrons. The lowest BCUT2D eigenvalue weighted by Crippen LogP contribution is -2.59. The third-order valence-corrected chi connectivity index (χ3v) is 9.96. The first-order valence-corrected chi connectivity index (χ1v) is 14.8. The molecule has 9 nitrogen and oxygen atoms in total.